The normalized spacial score (nSPS) is 24.2. The van der Waals surface area contributed by atoms with Gasteiger partial charge >= 0.3 is 5.97 Å². The Morgan fingerprint density at radius 3 is 2.76 bits per heavy atom. The van der Waals surface area contributed by atoms with Gasteiger partial charge in [-0.3, -0.25) is 9.69 Å². The van der Waals surface area contributed by atoms with E-state index in [0.29, 0.717) is 13.2 Å². The second-order valence-corrected chi connectivity index (χ2v) is 4.84. The molecule has 0 unspecified atom stereocenters. The number of hydrogen-bond acceptors (Lipinski definition) is 4. The zero-order valence-electron chi connectivity index (χ0n) is 10.2. The first-order chi connectivity index (χ1) is 8.20. The quantitative estimate of drug-likeness (QED) is 0.732. The van der Waals surface area contributed by atoms with Crippen LogP contribution in [0.25, 0.3) is 0 Å². The zero-order valence-corrected chi connectivity index (χ0v) is 10.2. The van der Waals surface area contributed by atoms with Crippen LogP contribution in [0, 0.1) is 0 Å². The lowest BCUT2D eigenvalue weighted by Crippen LogP contribution is -2.49. The molecule has 0 aliphatic carbocycles. The number of carboxylic acid groups (broad SMARTS) is 1. The summed E-state index contributed by atoms with van der Waals surface area (Å²) < 4.78 is 11.4. The number of nitrogens with zero attached hydrogens (tertiary/aromatic N) is 1. The van der Waals surface area contributed by atoms with E-state index in [1.54, 1.807) is 0 Å². The molecule has 0 saturated carbocycles. The lowest BCUT2D eigenvalue weighted by Gasteiger charge is -2.38. The van der Waals surface area contributed by atoms with Gasteiger partial charge in [-0.2, -0.15) is 0 Å². The maximum atomic E-state index is 10.4. The molecule has 1 spiro atoms. The predicted octanol–water partition coefficient (Wildman–Crippen LogP) is 1.08. The Balaban J connectivity index is 1.68. The number of piperidine rings is 1. The molecule has 1 N–H and O–H groups in total. The second-order valence-electron chi connectivity index (χ2n) is 4.84. The second kappa shape index (κ2) is 5.80. The largest absolute Gasteiger partial charge is 0.481 e. The Kier molecular flexibility index (Phi) is 4.36. The molecule has 0 aromatic rings. The van der Waals surface area contributed by atoms with Gasteiger partial charge in [0.05, 0.1) is 19.8 Å². The lowest BCUT2D eigenvalue weighted by molar-refractivity contribution is -0.189. The number of aliphatic carboxylic acids is 1. The van der Waals surface area contributed by atoms with E-state index in [1.165, 1.54) is 0 Å². The summed E-state index contributed by atoms with van der Waals surface area (Å²) in [5.74, 6) is -1.06. The van der Waals surface area contributed by atoms with E-state index >= 15 is 0 Å². The SMILES string of the molecule is O=C(O)CCCCN1CCCC2(C1)OCCO2. The average molecular weight is 243 g/mol. The average Bonchev–Trinajstić information content (AvgIpc) is 2.73. The van der Waals surface area contributed by atoms with Crippen LogP contribution in [-0.2, 0) is 14.3 Å². The molecule has 2 aliphatic rings. The Morgan fingerprint density at radius 1 is 1.29 bits per heavy atom. The molecule has 2 rings (SSSR count). The molecule has 17 heavy (non-hydrogen) atoms. The minimum absolute atomic E-state index is 0.270. The van der Waals surface area contributed by atoms with E-state index in [4.69, 9.17) is 14.6 Å². The third kappa shape index (κ3) is 3.66. The van der Waals surface area contributed by atoms with Crippen molar-refractivity contribution in [2.75, 3.05) is 32.8 Å². The van der Waals surface area contributed by atoms with Gasteiger partial charge in [0.25, 0.3) is 0 Å². The molecule has 0 aromatic heterocycles. The number of carbonyl (C=O) groups is 1. The van der Waals surface area contributed by atoms with E-state index in [-0.39, 0.29) is 12.2 Å². The topological polar surface area (TPSA) is 59.0 Å². The first-order valence-corrected chi connectivity index (χ1v) is 6.42. The molecule has 2 aliphatic heterocycles. The van der Waals surface area contributed by atoms with Crippen molar-refractivity contribution in [3.8, 4) is 0 Å². The summed E-state index contributed by atoms with van der Waals surface area (Å²) in [6, 6.07) is 0. The molecule has 0 amide bonds. The van der Waals surface area contributed by atoms with Crippen molar-refractivity contribution in [3.05, 3.63) is 0 Å². The molecule has 0 atom stereocenters. The number of unbranched alkanes of at least 4 members (excludes halogenated alkanes) is 1. The van der Waals surface area contributed by atoms with Crippen LogP contribution in [0.1, 0.15) is 32.1 Å². The Labute approximate surface area is 102 Å². The number of hydrogen-bond donors (Lipinski definition) is 1. The number of ether oxygens (including phenoxy) is 2. The van der Waals surface area contributed by atoms with E-state index < -0.39 is 5.97 Å². The molecule has 98 valence electrons. The smallest absolute Gasteiger partial charge is 0.303 e. The van der Waals surface area contributed by atoms with Gasteiger partial charge in [0.2, 0.25) is 0 Å². The van der Waals surface area contributed by atoms with Crippen molar-refractivity contribution < 1.29 is 19.4 Å². The van der Waals surface area contributed by atoms with Crippen molar-refractivity contribution in [2.45, 2.75) is 37.9 Å². The summed E-state index contributed by atoms with van der Waals surface area (Å²) >= 11 is 0. The van der Waals surface area contributed by atoms with E-state index in [9.17, 15) is 4.79 Å². The van der Waals surface area contributed by atoms with Crippen molar-refractivity contribution >= 4 is 5.97 Å². The van der Waals surface area contributed by atoms with Crippen LogP contribution in [0.4, 0.5) is 0 Å². The highest BCUT2D eigenvalue weighted by Gasteiger charge is 2.40. The zero-order chi connectivity index (χ0) is 12.1. The molecular weight excluding hydrogens is 222 g/mol. The molecule has 0 bridgehead atoms. The number of carboxylic acids is 1. The van der Waals surface area contributed by atoms with Gasteiger partial charge in [-0.05, 0) is 32.4 Å². The molecule has 2 saturated heterocycles. The van der Waals surface area contributed by atoms with Crippen molar-refractivity contribution in [2.24, 2.45) is 0 Å². The highest BCUT2D eigenvalue weighted by molar-refractivity contribution is 5.66. The highest BCUT2D eigenvalue weighted by atomic mass is 16.7. The molecule has 5 nitrogen and oxygen atoms in total. The van der Waals surface area contributed by atoms with Crippen molar-refractivity contribution in [1.29, 1.82) is 0 Å². The molecule has 2 heterocycles. The van der Waals surface area contributed by atoms with Crippen molar-refractivity contribution in [3.63, 3.8) is 0 Å². The Hall–Kier alpha value is -0.650. The van der Waals surface area contributed by atoms with Gasteiger partial charge in [-0.25, -0.2) is 0 Å². The van der Waals surface area contributed by atoms with Crippen LogP contribution in [0.2, 0.25) is 0 Å². The third-order valence-electron chi connectivity index (χ3n) is 3.43. The van der Waals surface area contributed by atoms with E-state index in [1.807, 2.05) is 0 Å². The maximum absolute atomic E-state index is 10.4. The fourth-order valence-corrected chi connectivity index (χ4v) is 2.61. The van der Waals surface area contributed by atoms with Crippen LogP contribution >= 0.6 is 0 Å². The van der Waals surface area contributed by atoms with Crippen molar-refractivity contribution in [1.82, 2.24) is 4.90 Å². The van der Waals surface area contributed by atoms with Crippen LogP contribution in [0.5, 0.6) is 0 Å². The highest BCUT2D eigenvalue weighted by Crippen LogP contribution is 2.30. The third-order valence-corrected chi connectivity index (χ3v) is 3.43. The fraction of sp³-hybridized carbons (Fsp3) is 0.917. The summed E-state index contributed by atoms with van der Waals surface area (Å²) in [5, 5.41) is 8.56. The van der Waals surface area contributed by atoms with Gasteiger partial charge in [0, 0.05) is 12.8 Å². The molecule has 5 heteroatoms. The Bertz CT molecular complexity index is 263. The van der Waals surface area contributed by atoms with Crippen LogP contribution in [0.15, 0.2) is 0 Å². The predicted molar refractivity (Wildman–Crippen MR) is 61.8 cm³/mol. The minimum Gasteiger partial charge on any atom is -0.481 e. The molecule has 0 radical (unpaired) electrons. The van der Waals surface area contributed by atoms with Gasteiger partial charge in [-0.15, -0.1) is 0 Å². The summed E-state index contributed by atoms with van der Waals surface area (Å²) in [5.41, 5.74) is 0. The fourth-order valence-electron chi connectivity index (χ4n) is 2.61. The summed E-state index contributed by atoms with van der Waals surface area (Å²) in [6.07, 6.45) is 4.03. The molecular formula is C12H21NO4. The number of rotatable bonds is 5. The van der Waals surface area contributed by atoms with E-state index in [2.05, 4.69) is 4.90 Å². The Morgan fingerprint density at radius 2 is 2.06 bits per heavy atom. The lowest BCUT2D eigenvalue weighted by atomic mass is 10.0. The number of likely N-dealkylation sites (tertiary alicyclic amines) is 1. The first kappa shape index (κ1) is 12.8. The molecule has 0 aromatic carbocycles. The summed E-state index contributed by atoms with van der Waals surface area (Å²) in [7, 11) is 0. The van der Waals surface area contributed by atoms with Gasteiger partial charge < -0.3 is 14.6 Å². The maximum Gasteiger partial charge on any atom is 0.303 e. The van der Waals surface area contributed by atoms with Crippen LogP contribution < -0.4 is 0 Å². The minimum atomic E-state index is -0.706. The van der Waals surface area contributed by atoms with Crippen LogP contribution in [-0.4, -0.2) is 54.6 Å². The monoisotopic (exact) mass is 243 g/mol. The van der Waals surface area contributed by atoms with Crippen LogP contribution in [0.3, 0.4) is 0 Å². The first-order valence-electron chi connectivity index (χ1n) is 6.42. The van der Waals surface area contributed by atoms with Gasteiger partial charge in [0.1, 0.15) is 0 Å². The van der Waals surface area contributed by atoms with Gasteiger partial charge in [-0.1, -0.05) is 0 Å². The summed E-state index contributed by atoms with van der Waals surface area (Å²) in [4.78, 5) is 12.7. The van der Waals surface area contributed by atoms with Gasteiger partial charge in [0.15, 0.2) is 5.79 Å². The summed E-state index contributed by atoms with van der Waals surface area (Å²) in [6.45, 7) is 4.25. The standard InChI is InChI=1S/C12H21NO4/c14-11(15)4-1-2-6-13-7-3-5-12(10-13)16-8-9-17-12/h1-10H2,(H,14,15). The molecule has 2 fully saturated rings. The van der Waals surface area contributed by atoms with E-state index in [0.717, 1.165) is 45.3 Å².